The van der Waals surface area contributed by atoms with E-state index in [9.17, 15) is 9.18 Å². The first-order chi connectivity index (χ1) is 10.2. The van der Waals surface area contributed by atoms with Gasteiger partial charge < -0.3 is 10.6 Å². The molecule has 0 unspecified atom stereocenters. The van der Waals surface area contributed by atoms with Crippen LogP contribution in [-0.2, 0) is 0 Å². The molecule has 2 aromatic rings. The Balaban J connectivity index is 2.30. The van der Waals surface area contributed by atoms with Crippen molar-refractivity contribution in [3.63, 3.8) is 0 Å². The van der Waals surface area contributed by atoms with Crippen molar-refractivity contribution in [1.82, 2.24) is 15.5 Å². The molecule has 0 spiro atoms. The molecule has 0 fully saturated rings. The quantitative estimate of drug-likeness (QED) is 0.484. The maximum Gasteiger partial charge on any atom is 0.272 e. The summed E-state index contributed by atoms with van der Waals surface area (Å²) in [5.41, 5.74) is 0.709. The summed E-state index contributed by atoms with van der Waals surface area (Å²) in [6, 6.07) is 2.54. The van der Waals surface area contributed by atoms with Crippen LogP contribution in [0.3, 0.4) is 0 Å². The zero-order valence-electron chi connectivity index (χ0n) is 11.2. The van der Waals surface area contributed by atoms with Crippen LogP contribution in [0.1, 0.15) is 11.6 Å². The number of anilines is 1. The van der Waals surface area contributed by atoms with Gasteiger partial charge in [0.05, 0.1) is 17.0 Å². The highest BCUT2D eigenvalue weighted by Gasteiger charge is 2.28. The van der Waals surface area contributed by atoms with Crippen molar-refractivity contribution >= 4 is 28.6 Å². The number of aromatic nitrogens is 2. The number of hydrogen-bond acceptors (Lipinski definition) is 4. The minimum absolute atomic E-state index is 0.248. The largest absolute Gasteiger partial charge is 0.383 e. The molecule has 21 heavy (non-hydrogen) atoms. The topological polar surface area (TPSA) is 106 Å². The zero-order valence-corrected chi connectivity index (χ0v) is 11.2. The number of likely N-dealkylation sites (N-methyl/N-ethyl adjacent to an activating group) is 1. The van der Waals surface area contributed by atoms with Crippen LogP contribution in [0.15, 0.2) is 21.9 Å². The van der Waals surface area contributed by atoms with Crippen LogP contribution < -0.4 is 16.2 Å². The molecule has 4 N–H and O–H groups in total. The molecule has 8 heteroatoms. The number of aliphatic imine (C=N–C) groups is 1. The lowest BCUT2D eigenvalue weighted by molar-refractivity contribution is 0.629. The summed E-state index contributed by atoms with van der Waals surface area (Å²) in [4.78, 5) is 15.8. The van der Waals surface area contributed by atoms with Gasteiger partial charge in [-0.3, -0.25) is 10.2 Å². The van der Waals surface area contributed by atoms with Gasteiger partial charge >= 0.3 is 0 Å². The monoisotopic (exact) mass is 288 g/mol. The van der Waals surface area contributed by atoms with E-state index < -0.39 is 11.4 Å². The van der Waals surface area contributed by atoms with Gasteiger partial charge in [-0.05, 0) is 12.1 Å². The standard InChI is InChI=1S/C13H13FN6O/c1-16-12(18-5-15)8-4-17-9-3-6(14)2-7-10(9)11(8)19-20-13(7)21/h2-3,5,8,17H,4H2,1H3,(H,20,21)(H2,15,16,18)/t8-/m0/s1. The molecule has 0 saturated heterocycles. The second-order valence-electron chi connectivity index (χ2n) is 4.64. The highest BCUT2D eigenvalue weighted by atomic mass is 19.1. The Kier molecular flexibility index (Phi) is 3.13. The highest BCUT2D eigenvalue weighted by Crippen LogP contribution is 2.33. The van der Waals surface area contributed by atoms with Crippen molar-refractivity contribution in [3.8, 4) is 0 Å². The molecule has 1 aliphatic rings. The van der Waals surface area contributed by atoms with Gasteiger partial charge in [0.25, 0.3) is 5.56 Å². The predicted octanol–water partition coefficient (Wildman–Crippen LogP) is 0.796. The number of hydrogen-bond donors (Lipinski definition) is 4. The Bertz CT molecular complexity index is 812. The van der Waals surface area contributed by atoms with Crippen LogP contribution in [0, 0.1) is 11.2 Å². The first-order valence-electron chi connectivity index (χ1n) is 6.35. The van der Waals surface area contributed by atoms with Gasteiger partial charge in [-0.25, -0.2) is 14.5 Å². The second-order valence-corrected chi connectivity index (χ2v) is 4.64. The van der Waals surface area contributed by atoms with E-state index in [-0.39, 0.29) is 11.3 Å². The van der Waals surface area contributed by atoms with Gasteiger partial charge in [-0.1, -0.05) is 0 Å². The number of nitrogens with zero attached hydrogens (tertiary/aromatic N) is 2. The Morgan fingerprint density at radius 2 is 2.43 bits per heavy atom. The number of aromatic amines is 1. The number of nitrogens with one attached hydrogen (secondary N) is 4. The Morgan fingerprint density at radius 3 is 3.14 bits per heavy atom. The van der Waals surface area contributed by atoms with Crippen LogP contribution in [0.4, 0.5) is 10.1 Å². The SMILES string of the molecule is CN/C(=N\C=N)[C@H]1CNc2cc(F)cc3c(=O)[nH]nc1c23. The van der Waals surface area contributed by atoms with Crippen LogP contribution in [0.5, 0.6) is 0 Å². The second kappa shape index (κ2) is 4.97. The number of halogens is 1. The molecule has 0 radical (unpaired) electrons. The predicted molar refractivity (Wildman–Crippen MR) is 78.8 cm³/mol. The summed E-state index contributed by atoms with van der Waals surface area (Å²) in [5.74, 6) is -0.185. The summed E-state index contributed by atoms with van der Waals surface area (Å²) in [7, 11) is 1.70. The van der Waals surface area contributed by atoms with E-state index in [4.69, 9.17) is 5.41 Å². The minimum atomic E-state index is -0.479. The van der Waals surface area contributed by atoms with Crippen LogP contribution in [0.2, 0.25) is 0 Å². The molecule has 1 aromatic carbocycles. The molecule has 1 aromatic heterocycles. The normalized spacial score (nSPS) is 17.4. The van der Waals surface area contributed by atoms with Gasteiger partial charge in [-0.2, -0.15) is 5.10 Å². The van der Waals surface area contributed by atoms with Crippen molar-refractivity contribution in [2.45, 2.75) is 5.92 Å². The van der Waals surface area contributed by atoms with Gasteiger partial charge in [0.2, 0.25) is 0 Å². The third kappa shape index (κ3) is 2.04. The molecule has 0 saturated carbocycles. The lowest BCUT2D eigenvalue weighted by Gasteiger charge is -2.26. The van der Waals surface area contributed by atoms with Gasteiger partial charge in [-0.15, -0.1) is 0 Å². The molecule has 0 amide bonds. The van der Waals surface area contributed by atoms with E-state index >= 15 is 0 Å². The maximum absolute atomic E-state index is 13.6. The summed E-state index contributed by atoms with van der Waals surface area (Å²) in [6.07, 6.45) is 0.939. The lowest BCUT2D eigenvalue weighted by Crippen LogP contribution is -2.35. The molecule has 3 rings (SSSR count). The fourth-order valence-electron chi connectivity index (χ4n) is 2.61. The minimum Gasteiger partial charge on any atom is -0.383 e. The van der Waals surface area contributed by atoms with Crippen molar-refractivity contribution in [2.75, 3.05) is 18.9 Å². The van der Waals surface area contributed by atoms with Crippen LogP contribution in [0.25, 0.3) is 10.8 Å². The smallest absolute Gasteiger partial charge is 0.272 e. The molecule has 0 bridgehead atoms. The van der Waals surface area contributed by atoms with E-state index in [2.05, 4.69) is 25.8 Å². The molecular formula is C13H13FN6O. The van der Waals surface area contributed by atoms with Crippen molar-refractivity contribution in [1.29, 1.82) is 5.41 Å². The van der Waals surface area contributed by atoms with Crippen LogP contribution >= 0.6 is 0 Å². The number of H-pyrrole nitrogens is 1. The summed E-state index contributed by atoms with van der Waals surface area (Å²) in [5, 5.41) is 20.5. The van der Waals surface area contributed by atoms with Gasteiger partial charge in [0.15, 0.2) is 0 Å². The Labute approximate surface area is 118 Å². The van der Waals surface area contributed by atoms with E-state index in [0.29, 0.717) is 29.1 Å². The van der Waals surface area contributed by atoms with Crippen molar-refractivity contribution in [2.24, 2.45) is 4.99 Å². The summed E-state index contributed by atoms with van der Waals surface area (Å²) < 4.78 is 13.6. The molecular weight excluding hydrogens is 275 g/mol. The molecule has 2 heterocycles. The highest BCUT2D eigenvalue weighted by molar-refractivity contribution is 6.03. The summed E-state index contributed by atoms with van der Waals surface area (Å²) >= 11 is 0. The first-order valence-corrected chi connectivity index (χ1v) is 6.35. The summed E-state index contributed by atoms with van der Waals surface area (Å²) in [6.45, 7) is 0.443. The molecule has 108 valence electrons. The number of rotatable bonds is 2. The number of amidine groups is 1. The van der Waals surface area contributed by atoms with E-state index in [1.54, 1.807) is 7.05 Å². The van der Waals surface area contributed by atoms with Crippen molar-refractivity contribution in [3.05, 3.63) is 34.0 Å². The molecule has 1 atom stereocenters. The molecule has 0 aliphatic carbocycles. The van der Waals surface area contributed by atoms with E-state index in [1.807, 2.05) is 0 Å². The fraction of sp³-hybridized carbons (Fsp3) is 0.231. The van der Waals surface area contributed by atoms with Crippen LogP contribution in [-0.4, -0.2) is 36.0 Å². The number of benzene rings is 1. The van der Waals surface area contributed by atoms with E-state index in [1.165, 1.54) is 12.1 Å². The molecule has 1 aliphatic heterocycles. The average molecular weight is 288 g/mol. The Hall–Kier alpha value is -2.77. The third-order valence-corrected chi connectivity index (χ3v) is 3.50. The van der Waals surface area contributed by atoms with Gasteiger partial charge in [0, 0.05) is 24.7 Å². The van der Waals surface area contributed by atoms with Crippen molar-refractivity contribution < 1.29 is 4.39 Å². The first kappa shape index (κ1) is 13.2. The lowest BCUT2D eigenvalue weighted by atomic mass is 9.93. The fourth-order valence-corrected chi connectivity index (χ4v) is 2.61. The third-order valence-electron chi connectivity index (χ3n) is 3.50. The Morgan fingerprint density at radius 1 is 1.62 bits per heavy atom. The van der Waals surface area contributed by atoms with E-state index in [0.717, 1.165) is 6.34 Å². The average Bonchev–Trinajstić information content (AvgIpc) is 2.48. The zero-order chi connectivity index (χ0) is 15.0. The molecule has 7 nitrogen and oxygen atoms in total. The van der Waals surface area contributed by atoms with Gasteiger partial charge in [0.1, 0.15) is 18.0 Å². The maximum atomic E-state index is 13.6.